The number of methoxy groups -OCH3 is 1. The largest absolute Gasteiger partial charge is 0.774 e. The molecule has 0 aromatic heterocycles. The Morgan fingerprint density at radius 1 is 0.788 bits per heavy atom. The third-order valence-electron chi connectivity index (χ3n) is 8.65. The van der Waals surface area contributed by atoms with Crippen LogP contribution in [0.25, 0.3) is 28.0 Å². The third kappa shape index (κ3) is 13.4. The molecule has 0 bridgehead atoms. The fraction of sp³-hybridized carbons (Fsp3) is 0.432. The molecule has 4 aromatic rings. The number of aryl methyl sites for hydroxylation is 1. The zero-order chi connectivity index (χ0) is 39.1. The topological polar surface area (TPSA) is 90.2 Å². The van der Waals surface area contributed by atoms with Gasteiger partial charge in [-0.3, -0.25) is 8.42 Å². The second-order valence-corrected chi connectivity index (χ2v) is 21.5. The number of rotatable bonds is 7. The van der Waals surface area contributed by atoms with Crippen molar-refractivity contribution in [2.75, 3.05) is 7.11 Å². The Morgan fingerprint density at radius 2 is 1.27 bits per heavy atom. The number of benzene rings is 4. The van der Waals surface area contributed by atoms with Gasteiger partial charge in [0.15, 0.2) is 5.75 Å². The van der Waals surface area contributed by atoms with Crippen molar-refractivity contribution in [3.63, 3.8) is 0 Å². The predicted molar refractivity (Wildman–Crippen MR) is 223 cm³/mol. The molecule has 52 heavy (non-hydrogen) atoms. The van der Waals surface area contributed by atoms with Crippen LogP contribution in [-0.2, 0) is 30.5 Å². The molecule has 1 N–H and O–H groups in total. The fourth-order valence-corrected chi connectivity index (χ4v) is 11.6. The second-order valence-electron chi connectivity index (χ2n) is 16.1. The maximum absolute atomic E-state index is 8.97. The molecule has 0 atom stereocenters. The van der Waals surface area contributed by atoms with Crippen LogP contribution < -0.4 is 10.0 Å². The summed E-state index contributed by atoms with van der Waals surface area (Å²) in [5.74, 6) is 2.49. The van der Waals surface area contributed by atoms with Gasteiger partial charge in [0.25, 0.3) is 0 Å². The van der Waals surface area contributed by atoms with E-state index in [9.17, 15) is 0 Å². The van der Waals surface area contributed by atoms with Crippen LogP contribution in [0.2, 0.25) is 0 Å². The van der Waals surface area contributed by atoms with Crippen molar-refractivity contribution in [3.05, 3.63) is 113 Å². The Bertz CT molecular complexity index is 1790. The predicted octanol–water partition coefficient (Wildman–Crippen LogP) is 12.6. The van der Waals surface area contributed by atoms with Crippen LogP contribution in [0.3, 0.4) is 0 Å². The summed E-state index contributed by atoms with van der Waals surface area (Å²) in [6.07, 6.45) is 2.19. The van der Waals surface area contributed by atoms with Crippen LogP contribution >= 0.6 is 7.92 Å². The van der Waals surface area contributed by atoms with Gasteiger partial charge in [0, 0.05) is 33.9 Å². The Balaban J connectivity index is 0.000000581. The SMILES string of the molecule is COc1ccc(C)c(-c2c(C(C)C)cc(C(C)C)cc2C(C)C)c1[PH+](C(C)(C)C)C(C)(C)C.[CH2-]S(=O)(=O)[O-].[NH-]c1ccccc1-c1[c-]cccc1.[Pd]. The van der Waals surface area contributed by atoms with Crippen LogP contribution in [0.15, 0.2) is 72.8 Å². The summed E-state index contributed by atoms with van der Waals surface area (Å²) in [6.45, 7) is 30.9. The van der Waals surface area contributed by atoms with E-state index >= 15 is 0 Å². The first-order valence-corrected chi connectivity index (χ1v) is 20.8. The summed E-state index contributed by atoms with van der Waals surface area (Å²) in [6, 6.07) is 27.8. The van der Waals surface area contributed by atoms with Gasteiger partial charge in [-0.2, -0.15) is 5.69 Å². The average Bonchev–Trinajstić information content (AvgIpc) is 2.99. The first-order valence-electron chi connectivity index (χ1n) is 17.7. The molecule has 8 heteroatoms. The average molecular weight is 837 g/mol. The molecular formula is C44H61NO4PPdS-3. The van der Waals surface area contributed by atoms with Gasteiger partial charge in [0.2, 0.25) is 0 Å². The third-order valence-corrected chi connectivity index (χ3v) is 12.7. The standard InChI is InChI=1S/C31H49OP.C12H9N.CH3O3S.Pd/c1-19(2)23-17-24(20(3)4)28(25(18-23)21(5)6)27-22(7)15-16-26(32-14)29(27)33(30(8,9)10)31(11,12)13;13-12-9-5-4-8-11(12)10-6-2-1-3-7-10;1-5(2,3)4;/h15-21H,1-14H3;1-6,8-9,13H;1H2,(H,2,3,4);/q;-2;-1;. The first kappa shape index (κ1) is 47.5. The maximum atomic E-state index is 8.97. The van der Waals surface area contributed by atoms with E-state index in [0.29, 0.717) is 23.4 Å². The summed E-state index contributed by atoms with van der Waals surface area (Å²) in [5, 5.41) is 1.85. The van der Waals surface area contributed by atoms with Crippen molar-refractivity contribution >= 4 is 29.0 Å². The fourth-order valence-electron chi connectivity index (χ4n) is 6.83. The Hall–Kier alpha value is -2.52. The summed E-state index contributed by atoms with van der Waals surface area (Å²) >= 11 is 0. The van der Waals surface area contributed by atoms with Crippen LogP contribution in [0.5, 0.6) is 5.75 Å². The van der Waals surface area contributed by atoms with Crippen molar-refractivity contribution in [2.45, 2.75) is 118 Å². The van der Waals surface area contributed by atoms with Gasteiger partial charge < -0.3 is 15.0 Å². The van der Waals surface area contributed by atoms with Gasteiger partial charge in [-0.05, 0) is 110 Å². The van der Waals surface area contributed by atoms with Crippen molar-refractivity contribution in [2.24, 2.45) is 0 Å². The zero-order valence-electron chi connectivity index (χ0n) is 33.7. The van der Waals surface area contributed by atoms with Crippen LogP contribution in [0.1, 0.15) is 123 Å². The molecule has 0 fully saturated rings. The van der Waals surface area contributed by atoms with Crippen LogP contribution in [0, 0.1) is 19.2 Å². The van der Waals surface area contributed by atoms with E-state index in [0.717, 1.165) is 16.9 Å². The monoisotopic (exact) mass is 836 g/mol. The van der Waals surface area contributed by atoms with Crippen molar-refractivity contribution in [1.82, 2.24) is 0 Å². The smallest absolute Gasteiger partial charge is 0.161 e. The van der Waals surface area contributed by atoms with Gasteiger partial charge in [0.05, 0.1) is 17.4 Å². The Labute approximate surface area is 331 Å². The number of ether oxygens (including phenoxy) is 1. The molecule has 0 aliphatic carbocycles. The molecule has 0 saturated heterocycles. The van der Waals surface area contributed by atoms with Gasteiger partial charge >= 0.3 is 0 Å². The van der Waals surface area contributed by atoms with E-state index < -0.39 is 18.0 Å². The Kier molecular flexibility index (Phi) is 18.0. The van der Waals surface area contributed by atoms with E-state index in [-0.39, 0.29) is 30.7 Å². The molecule has 0 unspecified atom stereocenters. The summed E-state index contributed by atoms with van der Waals surface area (Å²) in [5.41, 5.74) is 18.8. The minimum atomic E-state index is -4.17. The maximum Gasteiger partial charge on any atom is 0.161 e. The van der Waals surface area contributed by atoms with E-state index in [1.165, 1.54) is 38.7 Å². The minimum absolute atomic E-state index is 0. The van der Waals surface area contributed by atoms with Crippen LogP contribution in [0.4, 0.5) is 5.69 Å². The molecule has 0 aliphatic heterocycles. The normalized spacial score (nSPS) is 11.8. The molecule has 0 saturated carbocycles. The number of hydrogen-bond acceptors (Lipinski definition) is 4. The Morgan fingerprint density at radius 3 is 1.65 bits per heavy atom. The van der Waals surface area contributed by atoms with E-state index in [4.69, 9.17) is 23.4 Å². The van der Waals surface area contributed by atoms with Crippen molar-refractivity contribution < 1.29 is 38.1 Å². The molecule has 290 valence electrons. The quantitative estimate of drug-likeness (QED) is 0.0802. The summed E-state index contributed by atoms with van der Waals surface area (Å²) in [4.78, 5) is 0. The summed E-state index contributed by atoms with van der Waals surface area (Å²) < 4.78 is 33.0. The number of hydrogen-bond donors (Lipinski definition) is 0. The molecule has 4 aromatic carbocycles. The second kappa shape index (κ2) is 19.7. The van der Waals surface area contributed by atoms with Gasteiger partial charge in [-0.1, -0.05) is 84.0 Å². The molecule has 4 rings (SSSR count). The van der Waals surface area contributed by atoms with E-state index in [1.807, 2.05) is 49.6 Å². The van der Waals surface area contributed by atoms with E-state index in [1.54, 1.807) is 6.07 Å². The van der Waals surface area contributed by atoms with E-state index in [2.05, 4.69) is 127 Å². The zero-order valence-corrected chi connectivity index (χ0v) is 37.1. The minimum Gasteiger partial charge on any atom is -0.774 e. The van der Waals surface area contributed by atoms with Crippen LogP contribution in [-0.4, -0.2) is 30.4 Å². The molecule has 0 amide bonds. The van der Waals surface area contributed by atoms with Crippen molar-refractivity contribution in [3.8, 4) is 28.0 Å². The van der Waals surface area contributed by atoms with Gasteiger partial charge in [-0.25, -0.2) is 6.26 Å². The first-order chi connectivity index (χ1) is 23.4. The summed E-state index contributed by atoms with van der Waals surface area (Å²) in [7, 11) is -3.35. The van der Waals surface area contributed by atoms with Gasteiger partial charge in [0.1, 0.15) is 5.30 Å². The van der Waals surface area contributed by atoms with Gasteiger partial charge in [-0.15, -0.1) is 41.5 Å². The number of nitrogens with one attached hydrogen (secondary N) is 1. The molecule has 5 nitrogen and oxygen atoms in total. The molecule has 0 aliphatic rings. The molecule has 0 spiro atoms. The van der Waals surface area contributed by atoms with Crippen molar-refractivity contribution in [1.29, 1.82) is 0 Å². The molecule has 0 radical (unpaired) electrons. The molecular weight excluding hydrogens is 776 g/mol. The molecule has 0 heterocycles.